The number of ketones is 2. The lowest BCUT2D eigenvalue weighted by Crippen LogP contribution is -2.46. The smallest absolute Gasteiger partial charge is 0.261 e. The Balaban J connectivity index is 0.669. The lowest BCUT2D eigenvalue weighted by atomic mass is 9.73. The predicted octanol–water partition coefficient (Wildman–Crippen LogP) is 3.28. The van der Waals surface area contributed by atoms with Gasteiger partial charge in [0.1, 0.15) is 0 Å². The van der Waals surface area contributed by atoms with Gasteiger partial charge in [-0.05, 0) is 130 Å². The van der Waals surface area contributed by atoms with Gasteiger partial charge >= 0.3 is 0 Å². The average Bonchev–Trinajstić information content (AvgIpc) is 4.30. The van der Waals surface area contributed by atoms with Crippen molar-refractivity contribution >= 4 is 68.6 Å². The van der Waals surface area contributed by atoms with Gasteiger partial charge in [0.2, 0.25) is 11.8 Å². The van der Waals surface area contributed by atoms with E-state index in [-0.39, 0.29) is 161 Å². The van der Waals surface area contributed by atoms with Crippen molar-refractivity contribution in [2.24, 2.45) is 71.0 Å². The fourth-order valence-electron chi connectivity index (χ4n) is 16.6. The van der Waals surface area contributed by atoms with E-state index in [0.717, 1.165) is 64.2 Å². The highest BCUT2D eigenvalue weighted by Gasteiger charge is 2.63. The Morgan fingerprint density at radius 3 is 1.36 bits per heavy atom. The summed E-state index contributed by atoms with van der Waals surface area (Å²) < 4.78 is 2.42. The minimum absolute atomic E-state index is 0.0203. The molecule has 0 spiro atoms. The van der Waals surface area contributed by atoms with Crippen LogP contribution in [0.1, 0.15) is 96.3 Å². The molecule has 73 heavy (non-hydrogen) atoms. The van der Waals surface area contributed by atoms with Gasteiger partial charge in [0, 0.05) is 67.7 Å². The summed E-state index contributed by atoms with van der Waals surface area (Å²) >= 11 is 0. The second kappa shape index (κ2) is 17.0. The van der Waals surface area contributed by atoms with Crippen molar-refractivity contribution in [1.29, 1.82) is 0 Å². The summed E-state index contributed by atoms with van der Waals surface area (Å²) in [5.74, 6) is -4.23. The summed E-state index contributed by atoms with van der Waals surface area (Å²) in [6.07, 6.45) is 15.2. The molecule has 378 valence electrons. The standard InChI is InChI=1S/C56H57N5O12/c62-45-9-10-46(63)57(45)23-28-6-2-1-5-27(28)15-43-49(66)35-18-41-42(19-36(35)50(43)67)56(73)61(55(41)72)44-17-31-16-34(44)33-14-26(13-32(31)33)22-59-51(68)37-20-39-40(21-38(37)52(59)69)54(71)60(53(39)70)25-30-8-4-3-7-29(30)24-58-47(64)11-12-48(58)65/h9-12,20-21,26-34,41-44H,1-8,13-19,22-25H2. The molecule has 1 aromatic carbocycles. The van der Waals surface area contributed by atoms with Crippen molar-refractivity contribution in [3.05, 3.63) is 89.0 Å². The van der Waals surface area contributed by atoms with Crippen LogP contribution in [-0.4, -0.2) is 90.0 Å². The minimum Gasteiger partial charge on any atom is -0.294 e. The molecule has 5 saturated carbocycles. The average molecular weight is 992 g/mol. The fraction of sp³-hybridized carbons (Fsp3) is 0.571. The van der Waals surface area contributed by atoms with Crippen LogP contribution in [0.15, 0.2) is 66.8 Å². The van der Waals surface area contributed by atoms with Gasteiger partial charge in [-0.2, -0.15) is 0 Å². The van der Waals surface area contributed by atoms with Crippen LogP contribution in [0.5, 0.6) is 0 Å². The van der Waals surface area contributed by atoms with Crippen molar-refractivity contribution in [2.75, 3.05) is 13.1 Å². The van der Waals surface area contributed by atoms with E-state index in [1.807, 2.05) is 0 Å². The van der Waals surface area contributed by atoms with Crippen LogP contribution >= 0.6 is 0 Å². The highest BCUT2D eigenvalue weighted by Crippen LogP contribution is 2.62. The summed E-state index contributed by atoms with van der Waals surface area (Å²) in [6, 6.07) is 2.48. The Morgan fingerprint density at radius 2 is 0.863 bits per heavy atom. The highest BCUT2D eigenvalue weighted by atomic mass is 16.2. The maximum absolute atomic E-state index is 14.4. The van der Waals surface area contributed by atoms with Crippen LogP contribution in [0.4, 0.5) is 0 Å². The normalized spacial score (nSPS) is 35.0. The van der Waals surface area contributed by atoms with E-state index < -0.39 is 40.0 Å². The number of carbonyl (C=O) groups excluding carboxylic acids is 8. The molecule has 3 aromatic rings. The molecule has 12 atom stereocenters. The Hall–Kier alpha value is -6.52. The number of benzene rings is 1. The first kappa shape index (κ1) is 46.3. The molecule has 17 nitrogen and oxygen atoms in total. The van der Waals surface area contributed by atoms with Crippen LogP contribution in [0.2, 0.25) is 0 Å². The van der Waals surface area contributed by atoms with Gasteiger partial charge in [-0.15, -0.1) is 0 Å². The third-order valence-corrected chi connectivity index (χ3v) is 20.1. The number of imide groups is 3. The summed E-state index contributed by atoms with van der Waals surface area (Å²) in [6.45, 7) is 0.746. The van der Waals surface area contributed by atoms with E-state index in [1.54, 1.807) is 0 Å². The lowest BCUT2D eigenvalue weighted by Gasteiger charge is -2.36. The minimum atomic E-state index is -0.878. The first-order chi connectivity index (χ1) is 35.1. The topological polar surface area (TPSA) is 224 Å². The molecular weight excluding hydrogens is 935 g/mol. The third-order valence-electron chi connectivity index (χ3n) is 20.1. The summed E-state index contributed by atoms with van der Waals surface area (Å²) in [4.78, 5) is 166. The Morgan fingerprint density at radius 1 is 0.438 bits per heavy atom. The molecule has 6 fully saturated rings. The first-order valence-electron chi connectivity index (χ1n) is 26.8. The van der Waals surface area contributed by atoms with E-state index in [1.165, 1.54) is 60.3 Å². The summed E-state index contributed by atoms with van der Waals surface area (Å²) in [7, 11) is 0. The van der Waals surface area contributed by atoms with Gasteiger partial charge in [0.05, 0.1) is 39.3 Å². The quantitative estimate of drug-likeness (QED) is 0.200. The van der Waals surface area contributed by atoms with E-state index >= 15 is 0 Å². The Labute approximate surface area is 418 Å². The second-order valence-corrected chi connectivity index (χ2v) is 23.5. The zero-order chi connectivity index (χ0) is 50.5. The number of aromatic nitrogens is 2. The molecule has 17 heteroatoms. The van der Waals surface area contributed by atoms with Gasteiger partial charge in [0.15, 0.2) is 11.6 Å². The van der Waals surface area contributed by atoms with Crippen molar-refractivity contribution in [3.8, 4) is 0 Å². The van der Waals surface area contributed by atoms with Crippen LogP contribution in [-0.2, 0) is 51.4 Å². The van der Waals surface area contributed by atoms with Crippen molar-refractivity contribution in [2.45, 2.75) is 115 Å². The molecule has 5 heterocycles. The van der Waals surface area contributed by atoms with E-state index in [0.29, 0.717) is 36.3 Å². The number of amides is 6. The van der Waals surface area contributed by atoms with Crippen molar-refractivity contribution in [3.63, 3.8) is 0 Å². The van der Waals surface area contributed by atoms with E-state index in [2.05, 4.69) is 0 Å². The molecule has 12 unspecified atom stereocenters. The largest absolute Gasteiger partial charge is 0.294 e. The number of hydrogen-bond donors (Lipinski definition) is 0. The van der Waals surface area contributed by atoms with E-state index in [4.69, 9.17) is 0 Å². The second-order valence-electron chi connectivity index (χ2n) is 23.5. The molecule has 2 aromatic heterocycles. The predicted molar refractivity (Wildman–Crippen MR) is 260 cm³/mol. The molecule has 7 aliphatic carbocycles. The van der Waals surface area contributed by atoms with Crippen LogP contribution in [0.25, 0.3) is 21.5 Å². The zero-order valence-corrected chi connectivity index (χ0v) is 40.5. The number of Topliss-reactive ketones (excluding diaryl/α,β-unsaturated/α-hetero) is 2. The molecule has 0 N–H and O–H groups in total. The van der Waals surface area contributed by atoms with Crippen molar-refractivity contribution < 1.29 is 38.4 Å². The molecule has 1 saturated heterocycles. The van der Waals surface area contributed by atoms with Gasteiger partial charge in [-0.1, -0.05) is 32.1 Å². The first-order valence-corrected chi connectivity index (χ1v) is 26.8. The van der Waals surface area contributed by atoms with Crippen molar-refractivity contribution in [1.82, 2.24) is 23.8 Å². The summed E-state index contributed by atoms with van der Waals surface area (Å²) in [5, 5.41) is 0.338. The lowest BCUT2D eigenvalue weighted by molar-refractivity contribution is -0.145. The summed E-state index contributed by atoms with van der Waals surface area (Å²) in [5.41, 5.74) is -1.31. The maximum atomic E-state index is 14.4. The number of nitrogens with zero attached hydrogens (tertiary/aromatic N) is 5. The van der Waals surface area contributed by atoms with E-state index in [9.17, 15) is 57.5 Å². The number of carbonyl (C=O) groups is 8. The molecule has 13 rings (SSSR count). The maximum Gasteiger partial charge on any atom is 0.261 e. The molecule has 6 amide bonds. The molecule has 3 aliphatic heterocycles. The van der Waals surface area contributed by atoms with Crippen LogP contribution < -0.4 is 22.2 Å². The monoisotopic (exact) mass is 991 g/mol. The third kappa shape index (κ3) is 7.05. The zero-order valence-electron chi connectivity index (χ0n) is 40.5. The number of allylic oxidation sites excluding steroid dienone is 2. The number of rotatable bonds is 11. The molecule has 10 aliphatic rings. The molecule has 0 radical (unpaired) electrons. The number of fused-ring (bicyclic) bond motifs is 8. The molecule has 2 bridgehead atoms. The van der Waals surface area contributed by atoms with Gasteiger partial charge in [-0.25, -0.2) is 0 Å². The van der Waals surface area contributed by atoms with Gasteiger partial charge in [0.25, 0.3) is 45.9 Å². The Kier molecular flexibility index (Phi) is 10.8. The Bertz CT molecular complexity index is 3200. The van der Waals surface area contributed by atoms with Gasteiger partial charge in [-0.3, -0.25) is 81.4 Å². The SMILES string of the molecule is O=C1C2=C(CC3C(=O)N(C4CC5CC4C4CC(Cn6c(=O)c7cc8c(=O)n(CC9CCCCC9CN9C(=O)C=CC9=O)c(=O)c8cc7c6=O)CC54)C(=O)C3C2)C(=O)C1CC1CCCCC1CN1C(=O)C=CC1=O. The van der Waals surface area contributed by atoms with Crippen LogP contribution in [0.3, 0.4) is 0 Å². The fourth-order valence-corrected chi connectivity index (χ4v) is 16.6. The van der Waals surface area contributed by atoms with Crippen LogP contribution in [0, 0.1) is 71.0 Å². The molecular formula is C56H57N5O12. The van der Waals surface area contributed by atoms with Gasteiger partial charge < -0.3 is 0 Å². The number of hydrogen-bond acceptors (Lipinski definition) is 12. The number of likely N-dealkylation sites (tertiary alicyclic amines) is 1. The highest BCUT2D eigenvalue weighted by molar-refractivity contribution is 6.25.